The van der Waals surface area contributed by atoms with Crippen LogP contribution in [0.5, 0.6) is 0 Å². The molecule has 0 saturated carbocycles. The molecule has 1 N–H and O–H groups in total. The van der Waals surface area contributed by atoms with Crippen molar-refractivity contribution < 1.29 is 0 Å². The number of allylic oxidation sites excluding steroid dienone is 1. The molecule has 0 aromatic heterocycles. The number of nitrogens with one attached hydrogen (secondary N) is 1. The summed E-state index contributed by atoms with van der Waals surface area (Å²) < 4.78 is 0. The number of fused-ring (bicyclic) bond motifs is 1. The topological polar surface area (TPSA) is 23.9 Å². The van der Waals surface area contributed by atoms with E-state index < -0.39 is 0 Å². The van der Waals surface area contributed by atoms with Crippen LogP contribution in [0.15, 0.2) is 84.9 Å². The van der Waals surface area contributed by atoms with Crippen molar-refractivity contribution >= 4 is 11.8 Å². The van der Waals surface area contributed by atoms with Gasteiger partial charge >= 0.3 is 0 Å². The molecule has 23 heavy (non-hydrogen) atoms. The molecule has 1 atom stereocenters. The summed E-state index contributed by atoms with van der Waals surface area (Å²) in [5, 5.41) is 8.64. The Bertz CT molecular complexity index is 891. The predicted molar refractivity (Wildman–Crippen MR) is 96.1 cm³/mol. The van der Waals surface area contributed by atoms with Crippen LogP contribution >= 0.6 is 0 Å². The summed E-state index contributed by atoms with van der Waals surface area (Å²) in [4.78, 5) is 0. The largest absolute Gasteiger partial charge is 0.300 e. The number of hydrogen-bond acceptors (Lipinski definition) is 1. The molecule has 1 heteroatoms. The third-order valence-electron chi connectivity index (χ3n) is 4.43. The fourth-order valence-corrected chi connectivity index (χ4v) is 3.28. The minimum Gasteiger partial charge on any atom is -0.300 e. The van der Waals surface area contributed by atoms with Crippen LogP contribution in [0, 0.1) is 5.41 Å². The minimum atomic E-state index is 0.228. The van der Waals surface area contributed by atoms with Crippen LogP contribution in [0.4, 0.5) is 0 Å². The van der Waals surface area contributed by atoms with E-state index in [0.29, 0.717) is 5.71 Å². The van der Waals surface area contributed by atoms with Crippen molar-refractivity contribution in [3.63, 3.8) is 0 Å². The van der Waals surface area contributed by atoms with Crippen molar-refractivity contribution in [2.45, 2.75) is 5.92 Å². The summed E-state index contributed by atoms with van der Waals surface area (Å²) in [7, 11) is 0. The van der Waals surface area contributed by atoms with Gasteiger partial charge in [-0.15, -0.1) is 0 Å². The third kappa shape index (κ3) is 2.40. The Balaban J connectivity index is 1.81. The van der Waals surface area contributed by atoms with Crippen LogP contribution in [0.2, 0.25) is 0 Å². The Labute approximate surface area is 136 Å². The smallest absolute Gasteiger partial charge is 0.0687 e. The molecule has 4 rings (SSSR count). The Kier molecular flexibility index (Phi) is 3.39. The second kappa shape index (κ2) is 5.69. The van der Waals surface area contributed by atoms with Crippen molar-refractivity contribution in [1.82, 2.24) is 0 Å². The highest BCUT2D eigenvalue weighted by atomic mass is 14.4. The summed E-state index contributed by atoms with van der Waals surface area (Å²) >= 11 is 0. The molecule has 0 fully saturated rings. The van der Waals surface area contributed by atoms with Gasteiger partial charge in [-0.25, -0.2) is 0 Å². The number of benzene rings is 3. The standard InChI is InChI=1S/C22H17N/c23-22(17-9-2-1-3-10-17)21-13-7-6-12-19(21)20-15-14-16-8-4-5-11-18(16)20/h1-15,20,23H. The zero-order chi connectivity index (χ0) is 15.6. The van der Waals surface area contributed by atoms with Crippen molar-refractivity contribution in [2.75, 3.05) is 0 Å². The summed E-state index contributed by atoms with van der Waals surface area (Å²) in [5.41, 5.74) is 6.33. The molecule has 0 spiro atoms. The molecule has 110 valence electrons. The van der Waals surface area contributed by atoms with Crippen molar-refractivity contribution in [2.24, 2.45) is 0 Å². The molecular formula is C22H17N. The van der Waals surface area contributed by atoms with Gasteiger partial charge in [-0.05, 0) is 16.7 Å². The number of hydrogen-bond donors (Lipinski definition) is 1. The van der Waals surface area contributed by atoms with Crippen molar-refractivity contribution in [3.8, 4) is 0 Å². The summed E-state index contributed by atoms with van der Waals surface area (Å²) in [6, 6.07) is 26.7. The van der Waals surface area contributed by atoms with Gasteiger partial charge in [0.1, 0.15) is 0 Å². The molecular weight excluding hydrogens is 278 g/mol. The van der Waals surface area contributed by atoms with Crippen molar-refractivity contribution in [1.29, 1.82) is 5.41 Å². The first kappa shape index (κ1) is 13.7. The van der Waals surface area contributed by atoms with Crippen LogP contribution in [0.25, 0.3) is 6.08 Å². The molecule has 0 aliphatic heterocycles. The molecule has 1 unspecified atom stereocenters. The molecule has 3 aromatic carbocycles. The third-order valence-corrected chi connectivity index (χ3v) is 4.43. The molecule has 0 heterocycles. The van der Waals surface area contributed by atoms with Crippen LogP contribution in [-0.2, 0) is 0 Å². The van der Waals surface area contributed by atoms with Crippen LogP contribution in [-0.4, -0.2) is 5.71 Å². The van der Waals surface area contributed by atoms with E-state index in [0.717, 1.165) is 11.1 Å². The highest BCUT2D eigenvalue weighted by Crippen LogP contribution is 2.37. The lowest BCUT2D eigenvalue weighted by molar-refractivity contribution is 1.04. The van der Waals surface area contributed by atoms with Gasteiger partial charge in [-0.2, -0.15) is 0 Å². The Hall–Kier alpha value is -2.93. The van der Waals surface area contributed by atoms with E-state index in [4.69, 9.17) is 5.41 Å². The lowest BCUT2D eigenvalue weighted by atomic mass is 9.87. The van der Waals surface area contributed by atoms with Gasteiger partial charge in [0.25, 0.3) is 0 Å². The molecule has 1 nitrogen and oxygen atoms in total. The maximum Gasteiger partial charge on any atom is 0.0687 e. The molecule has 0 radical (unpaired) electrons. The van der Waals surface area contributed by atoms with E-state index in [1.54, 1.807) is 0 Å². The highest BCUT2D eigenvalue weighted by Gasteiger charge is 2.22. The fourth-order valence-electron chi connectivity index (χ4n) is 3.28. The molecule has 0 bridgehead atoms. The number of rotatable bonds is 3. The van der Waals surface area contributed by atoms with E-state index >= 15 is 0 Å². The molecule has 3 aromatic rings. The quantitative estimate of drug-likeness (QED) is 0.637. The molecule has 1 aliphatic carbocycles. The molecule has 1 aliphatic rings. The summed E-state index contributed by atoms with van der Waals surface area (Å²) in [6.45, 7) is 0. The molecule has 0 saturated heterocycles. The van der Waals surface area contributed by atoms with Gasteiger partial charge in [0.2, 0.25) is 0 Å². The fraction of sp³-hybridized carbons (Fsp3) is 0.0455. The maximum absolute atomic E-state index is 8.64. The van der Waals surface area contributed by atoms with E-state index in [2.05, 4.69) is 54.6 Å². The zero-order valence-corrected chi connectivity index (χ0v) is 12.7. The monoisotopic (exact) mass is 295 g/mol. The van der Waals surface area contributed by atoms with Gasteiger partial charge in [-0.1, -0.05) is 91.0 Å². The van der Waals surface area contributed by atoms with Crippen LogP contribution < -0.4 is 0 Å². The van der Waals surface area contributed by atoms with E-state index in [-0.39, 0.29) is 5.92 Å². The second-order valence-electron chi connectivity index (χ2n) is 5.79. The first-order chi connectivity index (χ1) is 11.3. The Morgan fingerprint density at radius 3 is 2.17 bits per heavy atom. The Morgan fingerprint density at radius 1 is 0.696 bits per heavy atom. The predicted octanol–water partition coefficient (Wildman–Crippen LogP) is 5.26. The van der Waals surface area contributed by atoms with E-state index in [9.17, 15) is 0 Å². The highest BCUT2D eigenvalue weighted by molar-refractivity contribution is 6.12. The van der Waals surface area contributed by atoms with E-state index in [1.165, 1.54) is 16.7 Å². The Morgan fingerprint density at radius 2 is 1.35 bits per heavy atom. The lowest BCUT2D eigenvalue weighted by Gasteiger charge is -2.17. The minimum absolute atomic E-state index is 0.228. The van der Waals surface area contributed by atoms with Crippen molar-refractivity contribution in [3.05, 3.63) is 113 Å². The lowest BCUT2D eigenvalue weighted by Crippen LogP contribution is -2.08. The van der Waals surface area contributed by atoms with Gasteiger partial charge in [-0.3, -0.25) is 5.41 Å². The first-order valence-electron chi connectivity index (χ1n) is 7.85. The van der Waals surface area contributed by atoms with Gasteiger partial charge < -0.3 is 0 Å². The average Bonchev–Trinajstić information content (AvgIpc) is 3.06. The van der Waals surface area contributed by atoms with Gasteiger partial charge in [0.05, 0.1) is 5.71 Å². The SMILES string of the molecule is N=C(c1ccccc1)c1ccccc1C1C=Cc2ccccc21. The summed E-state index contributed by atoms with van der Waals surface area (Å²) in [5.74, 6) is 0.228. The normalized spacial score (nSPS) is 15.4. The van der Waals surface area contributed by atoms with Gasteiger partial charge in [0, 0.05) is 17.0 Å². The first-order valence-corrected chi connectivity index (χ1v) is 7.85. The van der Waals surface area contributed by atoms with Gasteiger partial charge in [0.15, 0.2) is 0 Å². The van der Waals surface area contributed by atoms with Crippen LogP contribution in [0.3, 0.4) is 0 Å². The average molecular weight is 295 g/mol. The van der Waals surface area contributed by atoms with E-state index in [1.807, 2.05) is 36.4 Å². The second-order valence-corrected chi connectivity index (χ2v) is 5.79. The molecule has 0 amide bonds. The van der Waals surface area contributed by atoms with Crippen LogP contribution in [0.1, 0.15) is 33.7 Å². The summed E-state index contributed by atoms with van der Waals surface area (Å²) in [6.07, 6.45) is 4.42. The maximum atomic E-state index is 8.64. The zero-order valence-electron chi connectivity index (χ0n) is 12.7.